The molecule has 0 saturated carbocycles. The Balaban J connectivity index is 1.48. The third kappa shape index (κ3) is 6.96. The second-order valence-corrected chi connectivity index (χ2v) is 8.27. The Bertz CT molecular complexity index is 1250. The normalized spacial score (nSPS) is 11.3. The smallest absolute Gasteiger partial charge is 0.417 e. The van der Waals surface area contributed by atoms with Crippen LogP contribution in [0.1, 0.15) is 27.9 Å². The molecule has 0 atom stereocenters. The Morgan fingerprint density at radius 2 is 1.31 bits per heavy atom. The van der Waals surface area contributed by atoms with Crippen LogP contribution in [0.2, 0.25) is 5.02 Å². The van der Waals surface area contributed by atoms with Crippen molar-refractivity contribution in [3.8, 4) is 11.6 Å². The molecule has 4 aromatic rings. The van der Waals surface area contributed by atoms with Crippen LogP contribution >= 0.6 is 11.6 Å². The van der Waals surface area contributed by atoms with Gasteiger partial charge >= 0.3 is 6.18 Å². The Morgan fingerprint density at radius 3 is 1.91 bits per heavy atom. The number of benzene rings is 3. The molecule has 8 heteroatoms. The second-order valence-electron chi connectivity index (χ2n) is 7.87. The summed E-state index contributed by atoms with van der Waals surface area (Å²) in [7, 11) is 0. The molecule has 180 valence electrons. The first-order valence-corrected chi connectivity index (χ1v) is 11.3. The summed E-state index contributed by atoms with van der Waals surface area (Å²) in [6.07, 6.45) is -3.61. The molecule has 3 aromatic carbocycles. The number of rotatable bonds is 9. The van der Waals surface area contributed by atoms with Gasteiger partial charge in [-0.2, -0.15) is 18.3 Å². The van der Waals surface area contributed by atoms with Gasteiger partial charge in [0.15, 0.2) is 5.75 Å². The molecular formula is C27H22ClF3N2O2. The fourth-order valence-corrected chi connectivity index (χ4v) is 3.71. The summed E-state index contributed by atoms with van der Waals surface area (Å²) in [6.45, 7) is 0.628. The topological polar surface area (TPSA) is 44.2 Å². The summed E-state index contributed by atoms with van der Waals surface area (Å²) >= 11 is 5.84. The van der Waals surface area contributed by atoms with Crippen LogP contribution in [0, 0.1) is 0 Å². The van der Waals surface area contributed by atoms with Gasteiger partial charge in [-0.25, -0.2) is 0 Å². The first kappa shape index (κ1) is 24.5. The van der Waals surface area contributed by atoms with Crippen LogP contribution in [0.5, 0.6) is 11.6 Å². The number of aryl methyl sites for hydroxylation is 2. The van der Waals surface area contributed by atoms with Gasteiger partial charge in [0.1, 0.15) is 13.2 Å². The van der Waals surface area contributed by atoms with E-state index in [4.69, 9.17) is 21.1 Å². The van der Waals surface area contributed by atoms with E-state index in [0.717, 1.165) is 17.2 Å². The molecular weight excluding hydrogens is 477 g/mol. The summed E-state index contributed by atoms with van der Waals surface area (Å²) in [5, 5.41) is 8.12. The maximum Gasteiger partial charge on any atom is 0.417 e. The maximum absolute atomic E-state index is 13.0. The van der Waals surface area contributed by atoms with Crippen LogP contribution in [0.4, 0.5) is 13.2 Å². The fraction of sp³-hybridized carbons (Fsp3) is 0.185. The van der Waals surface area contributed by atoms with Gasteiger partial charge in [-0.05, 0) is 41.7 Å². The van der Waals surface area contributed by atoms with Gasteiger partial charge in [-0.1, -0.05) is 78.3 Å². The van der Waals surface area contributed by atoms with E-state index in [2.05, 4.69) is 10.2 Å². The Morgan fingerprint density at radius 1 is 0.686 bits per heavy atom. The first-order chi connectivity index (χ1) is 16.9. The molecule has 1 heterocycles. The van der Waals surface area contributed by atoms with Gasteiger partial charge in [0, 0.05) is 6.07 Å². The highest BCUT2D eigenvalue weighted by Crippen LogP contribution is 2.35. The van der Waals surface area contributed by atoms with Crippen LogP contribution in [-0.4, -0.2) is 10.2 Å². The minimum atomic E-state index is -4.48. The Hall–Kier alpha value is -3.58. The van der Waals surface area contributed by atoms with Gasteiger partial charge in [0.25, 0.3) is 5.88 Å². The fourth-order valence-electron chi connectivity index (χ4n) is 3.40. The number of alkyl halides is 3. The lowest BCUT2D eigenvalue weighted by molar-refractivity contribution is -0.137. The van der Waals surface area contributed by atoms with Gasteiger partial charge in [-0.3, -0.25) is 0 Å². The molecule has 0 fully saturated rings. The first-order valence-electron chi connectivity index (χ1n) is 10.9. The average Bonchev–Trinajstić information content (AvgIpc) is 2.86. The standard InChI is InChI=1S/C27H22ClF3N2O2/c28-24-15-19(12-14-23(24)27(29,30)31)11-13-22-16-25(34-17-20-7-3-1-4-8-20)26(33-32-22)35-18-21-9-5-2-6-10-21/h1-10,12,14-16H,11,13,17-18H2. The number of hydrogen-bond acceptors (Lipinski definition) is 4. The van der Waals surface area contributed by atoms with Crippen LogP contribution < -0.4 is 9.47 Å². The van der Waals surface area contributed by atoms with Crippen molar-refractivity contribution in [2.24, 2.45) is 0 Å². The molecule has 0 spiro atoms. The molecule has 35 heavy (non-hydrogen) atoms. The number of ether oxygens (including phenoxy) is 2. The van der Waals surface area contributed by atoms with Crippen molar-refractivity contribution in [1.29, 1.82) is 0 Å². The SMILES string of the molecule is FC(F)(F)c1ccc(CCc2cc(OCc3ccccc3)c(OCc3ccccc3)nn2)cc1Cl. The summed E-state index contributed by atoms with van der Waals surface area (Å²) in [6, 6.07) is 24.9. The molecule has 0 aliphatic carbocycles. The lowest BCUT2D eigenvalue weighted by atomic mass is 10.1. The van der Waals surface area contributed by atoms with E-state index in [0.29, 0.717) is 43.1 Å². The lowest BCUT2D eigenvalue weighted by Gasteiger charge is -2.13. The minimum Gasteiger partial charge on any atom is -0.483 e. The molecule has 0 N–H and O–H groups in total. The van der Waals surface area contributed by atoms with Crippen molar-refractivity contribution in [1.82, 2.24) is 10.2 Å². The number of hydrogen-bond donors (Lipinski definition) is 0. The zero-order valence-corrected chi connectivity index (χ0v) is 19.4. The average molecular weight is 499 g/mol. The van der Waals surface area contributed by atoms with Gasteiger partial charge < -0.3 is 9.47 Å². The maximum atomic E-state index is 13.0. The third-order valence-electron chi connectivity index (χ3n) is 5.24. The Labute approximate surface area is 206 Å². The van der Waals surface area contributed by atoms with Gasteiger partial charge in [0.05, 0.1) is 16.3 Å². The molecule has 4 rings (SSSR count). The molecule has 0 radical (unpaired) electrons. The number of nitrogens with zero attached hydrogens (tertiary/aromatic N) is 2. The van der Waals surface area contributed by atoms with Crippen LogP contribution in [-0.2, 0) is 32.2 Å². The highest BCUT2D eigenvalue weighted by Gasteiger charge is 2.32. The van der Waals surface area contributed by atoms with Crippen LogP contribution in [0.25, 0.3) is 0 Å². The van der Waals surface area contributed by atoms with Crippen LogP contribution in [0.15, 0.2) is 84.9 Å². The Kier molecular flexibility index (Phi) is 7.87. The molecule has 0 aliphatic rings. The molecule has 0 aliphatic heterocycles. The monoisotopic (exact) mass is 498 g/mol. The van der Waals surface area contributed by atoms with Crippen molar-refractivity contribution in [2.75, 3.05) is 0 Å². The van der Waals surface area contributed by atoms with E-state index in [-0.39, 0.29) is 10.9 Å². The largest absolute Gasteiger partial charge is 0.483 e. The zero-order valence-electron chi connectivity index (χ0n) is 18.6. The quantitative estimate of drug-likeness (QED) is 0.247. The van der Waals surface area contributed by atoms with E-state index in [1.807, 2.05) is 60.7 Å². The molecule has 0 bridgehead atoms. The number of halogens is 4. The summed E-state index contributed by atoms with van der Waals surface area (Å²) in [4.78, 5) is 0. The van der Waals surface area contributed by atoms with Crippen molar-refractivity contribution < 1.29 is 22.6 Å². The van der Waals surface area contributed by atoms with Crippen molar-refractivity contribution in [3.05, 3.63) is 118 Å². The predicted molar refractivity (Wildman–Crippen MR) is 127 cm³/mol. The molecule has 0 saturated heterocycles. The molecule has 1 aromatic heterocycles. The van der Waals surface area contributed by atoms with E-state index in [9.17, 15) is 13.2 Å². The second kappa shape index (κ2) is 11.2. The van der Waals surface area contributed by atoms with E-state index >= 15 is 0 Å². The summed E-state index contributed by atoms with van der Waals surface area (Å²) < 4.78 is 50.7. The number of aromatic nitrogens is 2. The molecule has 4 nitrogen and oxygen atoms in total. The molecule has 0 amide bonds. The minimum absolute atomic E-state index is 0.270. The van der Waals surface area contributed by atoms with Crippen molar-refractivity contribution in [2.45, 2.75) is 32.2 Å². The highest BCUT2D eigenvalue weighted by atomic mass is 35.5. The van der Waals surface area contributed by atoms with Crippen molar-refractivity contribution >= 4 is 11.6 Å². The highest BCUT2D eigenvalue weighted by molar-refractivity contribution is 6.31. The third-order valence-corrected chi connectivity index (χ3v) is 5.55. The predicted octanol–water partition coefficient (Wildman–Crippen LogP) is 7.09. The summed E-state index contributed by atoms with van der Waals surface area (Å²) in [5.41, 5.74) is 2.40. The van der Waals surface area contributed by atoms with E-state index in [1.54, 1.807) is 6.07 Å². The van der Waals surface area contributed by atoms with Gasteiger partial charge in [-0.15, -0.1) is 5.10 Å². The summed E-state index contributed by atoms with van der Waals surface area (Å²) in [5.74, 6) is 0.714. The van der Waals surface area contributed by atoms with Crippen molar-refractivity contribution in [3.63, 3.8) is 0 Å². The van der Waals surface area contributed by atoms with E-state index in [1.165, 1.54) is 12.1 Å². The zero-order chi connectivity index (χ0) is 24.7. The lowest BCUT2D eigenvalue weighted by Crippen LogP contribution is -2.07. The van der Waals surface area contributed by atoms with Crippen LogP contribution in [0.3, 0.4) is 0 Å². The van der Waals surface area contributed by atoms with E-state index < -0.39 is 11.7 Å². The van der Waals surface area contributed by atoms with Gasteiger partial charge in [0.2, 0.25) is 0 Å². The molecule has 0 unspecified atom stereocenters.